The molecule has 0 aliphatic rings. The van der Waals surface area contributed by atoms with E-state index in [-0.39, 0.29) is 0 Å². The average molecular weight is 442 g/mol. The van der Waals surface area contributed by atoms with Crippen LogP contribution in [0.4, 0.5) is 0 Å². The van der Waals surface area contributed by atoms with Crippen LogP contribution in [-0.2, 0) is 6.61 Å². The summed E-state index contributed by atoms with van der Waals surface area (Å²) in [6.45, 7) is 0.368. The third kappa shape index (κ3) is 3.44. The molecule has 2 aromatic carbocycles. The molecule has 3 heterocycles. The van der Waals surface area contributed by atoms with E-state index < -0.39 is 0 Å². The normalized spacial score (nSPS) is 11.3. The fraction of sp³-hybridized carbons (Fsp3) is 0.143. The Bertz CT molecular complexity index is 1330. The fourth-order valence-electron chi connectivity index (χ4n) is 3.12. The number of benzene rings is 2. The highest BCUT2D eigenvalue weighted by atomic mass is 35.5. The maximum Gasteiger partial charge on any atom is 0.294 e. The molecule has 0 saturated carbocycles. The second-order valence-electron chi connectivity index (χ2n) is 6.49. The smallest absolute Gasteiger partial charge is 0.294 e. The lowest BCUT2D eigenvalue weighted by Crippen LogP contribution is -1.96. The number of ether oxygens (including phenoxy) is 3. The standard InChI is InChI=1S/C21H16ClN3O4S/c1-26-14-7-17(28-11-12-4-3-5-13(22)6-12)15-9-19(29-18(15)8-14)16-10-25-20(23-16)30-21(24-25)27-2/h3-10H,11H2,1-2H3. The van der Waals surface area contributed by atoms with E-state index in [1.54, 1.807) is 24.9 Å². The summed E-state index contributed by atoms with van der Waals surface area (Å²) in [6.07, 6.45) is 1.80. The van der Waals surface area contributed by atoms with Crippen LogP contribution in [0.25, 0.3) is 27.4 Å². The van der Waals surface area contributed by atoms with Crippen LogP contribution in [0, 0.1) is 0 Å². The Hall–Kier alpha value is -3.23. The van der Waals surface area contributed by atoms with E-state index in [9.17, 15) is 0 Å². The SMILES string of the molecule is COc1cc(OCc2cccc(Cl)c2)c2cc(-c3cn4nc(OC)sc4n3)oc2c1. The van der Waals surface area contributed by atoms with Crippen LogP contribution in [0.5, 0.6) is 16.7 Å². The Balaban J connectivity index is 1.51. The van der Waals surface area contributed by atoms with Gasteiger partial charge in [-0.3, -0.25) is 0 Å². The Morgan fingerprint density at radius 2 is 2.03 bits per heavy atom. The molecular formula is C21H16ClN3O4S. The molecule has 0 aliphatic heterocycles. The molecule has 0 fully saturated rings. The molecule has 5 aromatic rings. The molecule has 5 rings (SSSR count). The van der Waals surface area contributed by atoms with Crippen molar-refractivity contribution in [1.82, 2.24) is 14.6 Å². The average Bonchev–Trinajstić information content (AvgIpc) is 3.44. The van der Waals surface area contributed by atoms with Crippen molar-refractivity contribution < 1.29 is 18.6 Å². The van der Waals surface area contributed by atoms with Gasteiger partial charge in [0.05, 0.1) is 25.8 Å². The Kier molecular flexibility index (Phi) is 4.72. The van der Waals surface area contributed by atoms with Gasteiger partial charge in [0.25, 0.3) is 5.19 Å². The summed E-state index contributed by atoms with van der Waals surface area (Å²) in [6, 6.07) is 13.1. The molecule has 0 radical (unpaired) electrons. The molecule has 3 aromatic heterocycles. The quantitative estimate of drug-likeness (QED) is 0.348. The third-order valence-electron chi connectivity index (χ3n) is 4.54. The van der Waals surface area contributed by atoms with Crippen molar-refractivity contribution in [3.05, 3.63) is 59.2 Å². The molecule has 0 atom stereocenters. The highest BCUT2D eigenvalue weighted by Gasteiger charge is 2.17. The number of fused-ring (bicyclic) bond motifs is 2. The van der Waals surface area contributed by atoms with Crippen molar-refractivity contribution in [1.29, 1.82) is 0 Å². The van der Waals surface area contributed by atoms with E-state index in [0.29, 0.717) is 45.4 Å². The van der Waals surface area contributed by atoms with Crippen LogP contribution in [0.3, 0.4) is 0 Å². The van der Waals surface area contributed by atoms with Gasteiger partial charge in [0.2, 0.25) is 4.96 Å². The molecule has 152 valence electrons. The second kappa shape index (κ2) is 7.55. The number of hydrogen-bond donors (Lipinski definition) is 0. The van der Waals surface area contributed by atoms with Crippen LogP contribution in [0.2, 0.25) is 5.02 Å². The van der Waals surface area contributed by atoms with Crippen LogP contribution in [0.1, 0.15) is 5.56 Å². The van der Waals surface area contributed by atoms with Crippen molar-refractivity contribution in [3.63, 3.8) is 0 Å². The van der Waals surface area contributed by atoms with E-state index in [1.807, 2.05) is 42.5 Å². The van der Waals surface area contributed by atoms with E-state index in [1.165, 1.54) is 11.3 Å². The Morgan fingerprint density at radius 1 is 1.13 bits per heavy atom. The summed E-state index contributed by atoms with van der Waals surface area (Å²) in [5, 5.41) is 6.35. The highest BCUT2D eigenvalue weighted by molar-refractivity contribution is 7.18. The van der Waals surface area contributed by atoms with Gasteiger partial charge in [0.15, 0.2) is 5.76 Å². The minimum absolute atomic E-state index is 0.368. The zero-order valence-corrected chi connectivity index (χ0v) is 17.7. The first-order valence-electron chi connectivity index (χ1n) is 9.02. The van der Waals surface area contributed by atoms with Gasteiger partial charge in [-0.2, -0.15) is 0 Å². The summed E-state index contributed by atoms with van der Waals surface area (Å²) in [5.74, 6) is 1.91. The summed E-state index contributed by atoms with van der Waals surface area (Å²) >= 11 is 7.43. The number of rotatable bonds is 6. The largest absolute Gasteiger partial charge is 0.496 e. The molecule has 0 N–H and O–H groups in total. The lowest BCUT2D eigenvalue weighted by atomic mass is 10.2. The molecule has 0 saturated heterocycles. The second-order valence-corrected chi connectivity index (χ2v) is 7.85. The van der Waals surface area contributed by atoms with Gasteiger partial charge >= 0.3 is 0 Å². The molecule has 0 aliphatic carbocycles. The molecule has 9 heteroatoms. The van der Waals surface area contributed by atoms with Gasteiger partial charge in [-0.05, 0) is 35.1 Å². The van der Waals surface area contributed by atoms with E-state index in [2.05, 4.69) is 10.1 Å². The number of imidazole rings is 1. The van der Waals surface area contributed by atoms with Crippen LogP contribution in [0.15, 0.2) is 53.1 Å². The number of furan rings is 1. The van der Waals surface area contributed by atoms with Crippen LogP contribution < -0.4 is 14.2 Å². The molecule has 0 bridgehead atoms. The van der Waals surface area contributed by atoms with E-state index >= 15 is 0 Å². The van der Waals surface area contributed by atoms with E-state index in [0.717, 1.165) is 15.9 Å². The van der Waals surface area contributed by atoms with E-state index in [4.69, 9.17) is 30.2 Å². The third-order valence-corrected chi connectivity index (χ3v) is 5.66. The maximum absolute atomic E-state index is 6.08. The first-order valence-corrected chi connectivity index (χ1v) is 10.2. The number of aromatic nitrogens is 3. The van der Waals surface area contributed by atoms with Crippen LogP contribution in [-0.4, -0.2) is 28.8 Å². The highest BCUT2D eigenvalue weighted by Crippen LogP contribution is 2.37. The lowest BCUT2D eigenvalue weighted by molar-refractivity contribution is 0.307. The molecule has 30 heavy (non-hydrogen) atoms. The van der Waals surface area contributed by atoms with Gasteiger partial charge in [0, 0.05) is 17.2 Å². The molecule has 0 amide bonds. The zero-order valence-electron chi connectivity index (χ0n) is 16.1. The van der Waals surface area contributed by atoms with Gasteiger partial charge in [-0.15, -0.1) is 5.10 Å². The van der Waals surface area contributed by atoms with Crippen molar-refractivity contribution in [2.45, 2.75) is 6.61 Å². The van der Waals surface area contributed by atoms with Crippen molar-refractivity contribution in [2.75, 3.05) is 14.2 Å². The monoisotopic (exact) mass is 441 g/mol. The maximum atomic E-state index is 6.08. The minimum Gasteiger partial charge on any atom is -0.496 e. The summed E-state index contributed by atoms with van der Waals surface area (Å²) < 4.78 is 24.4. The van der Waals surface area contributed by atoms with Crippen molar-refractivity contribution in [2.24, 2.45) is 0 Å². The topological polar surface area (TPSA) is 71.0 Å². The summed E-state index contributed by atoms with van der Waals surface area (Å²) in [5.41, 5.74) is 2.29. The summed E-state index contributed by atoms with van der Waals surface area (Å²) in [4.78, 5) is 5.30. The molecule has 7 nitrogen and oxygen atoms in total. The Morgan fingerprint density at radius 3 is 2.80 bits per heavy atom. The van der Waals surface area contributed by atoms with Gasteiger partial charge in [0.1, 0.15) is 29.4 Å². The first-order chi connectivity index (χ1) is 14.6. The van der Waals surface area contributed by atoms with Gasteiger partial charge in [-0.25, -0.2) is 9.50 Å². The minimum atomic E-state index is 0.368. The predicted molar refractivity (Wildman–Crippen MR) is 115 cm³/mol. The number of methoxy groups -OCH3 is 2. The summed E-state index contributed by atoms with van der Waals surface area (Å²) in [7, 11) is 3.19. The zero-order chi connectivity index (χ0) is 20.7. The molecule has 0 spiro atoms. The fourth-order valence-corrected chi connectivity index (χ4v) is 4.03. The van der Waals surface area contributed by atoms with Gasteiger partial charge < -0.3 is 18.6 Å². The van der Waals surface area contributed by atoms with Crippen LogP contribution >= 0.6 is 22.9 Å². The number of hydrogen-bond acceptors (Lipinski definition) is 7. The van der Waals surface area contributed by atoms with Crippen molar-refractivity contribution in [3.8, 4) is 28.1 Å². The predicted octanol–water partition coefficient (Wildman–Crippen LogP) is 5.45. The molecule has 0 unspecified atom stereocenters. The molecular weight excluding hydrogens is 426 g/mol. The Labute approximate surface area is 180 Å². The first kappa shape index (κ1) is 18.8. The lowest BCUT2D eigenvalue weighted by Gasteiger charge is -2.09. The van der Waals surface area contributed by atoms with Gasteiger partial charge in [-0.1, -0.05) is 23.7 Å². The number of halogens is 1. The van der Waals surface area contributed by atoms with Crippen molar-refractivity contribution >= 4 is 38.9 Å². The number of nitrogens with zero attached hydrogens (tertiary/aromatic N) is 3.